The zero-order valence-corrected chi connectivity index (χ0v) is 10.1. The second kappa shape index (κ2) is 5.75. The van der Waals surface area contributed by atoms with Gasteiger partial charge in [0.2, 0.25) is 0 Å². The first-order valence-electron chi connectivity index (χ1n) is 5.76. The van der Waals surface area contributed by atoms with Gasteiger partial charge in [-0.15, -0.1) is 0 Å². The fourth-order valence-corrected chi connectivity index (χ4v) is 1.85. The minimum absolute atomic E-state index is 0.436. The lowest BCUT2D eigenvalue weighted by Gasteiger charge is -2.27. The summed E-state index contributed by atoms with van der Waals surface area (Å²) in [6.07, 6.45) is 6.75. The van der Waals surface area contributed by atoms with Crippen molar-refractivity contribution < 1.29 is 4.74 Å². The molecule has 2 N–H and O–H groups in total. The van der Waals surface area contributed by atoms with Crippen molar-refractivity contribution in [3.8, 4) is 0 Å². The van der Waals surface area contributed by atoms with Gasteiger partial charge < -0.3 is 15.4 Å². The van der Waals surface area contributed by atoms with E-state index in [1.165, 1.54) is 5.57 Å². The van der Waals surface area contributed by atoms with Crippen molar-refractivity contribution in [3.63, 3.8) is 0 Å². The van der Waals surface area contributed by atoms with Crippen molar-refractivity contribution in [3.05, 3.63) is 29.7 Å². The van der Waals surface area contributed by atoms with E-state index in [2.05, 4.69) is 20.9 Å². The standard InChI is InChI=1S/C12H18N4O/c1-17-9-10-2-4-16(5-3-10)12-8-14-11(6-13)7-15-12/h2,7-8H,3-6,9,13H2,1H3. The van der Waals surface area contributed by atoms with Crippen LogP contribution in [0.4, 0.5) is 5.82 Å². The summed E-state index contributed by atoms with van der Waals surface area (Å²) in [5.74, 6) is 0.912. The van der Waals surface area contributed by atoms with Gasteiger partial charge in [0.05, 0.1) is 24.7 Å². The lowest BCUT2D eigenvalue weighted by atomic mass is 10.1. The molecule has 0 aromatic carbocycles. The third-order valence-electron chi connectivity index (χ3n) is 2.86. The normalized spacial score (nSPS) is 15.9. The Kier molecular flexibility index (Phi) is 4.06. The van der Waals surface area contributed by atoms with E-state index in [0.717, 1.165) is 37.6 Å². The van der Waals surface area contributed by atoms with Crippen molar-refractivity contribution >= 4 is 5.82 Å². The first kappa shape index (κ1) is 12.0. The van der Waals surface area contributed by atoms with Crippen molar-refractivity contribution in [2.24, 2.45) is 5.73 Å². The molecule has 0 spiro atoms. The maximum Gasteiger partial charge on any atom is 0.147 e. The van der Waals surface area contributed by atoms with Crippen LogP contribution in [-0.4, -0.2) is 36.8 Å². The topological polar surface area (TPSA) is 64.3 Å². The van der Waals surface area contributed by atoms with E-state index in [0.29, 0.717) is 6.54 Å². The maximum absolute atomic E-state index is 5.49. The maximum atomic E-state index is 5.49. The predicted octanol–water partition coefficient (Wildman–Crippen LogP) is 0.718. The largest absolute Gasteiger partial charge is 0.380 e. The summed E-state index contributed by atoms with van der Waals surface area (Å²) in [5, 5.41) is 0. The van der Waals surface area contributed by atoms with Crippen LogP contribution in [0.25, 0.3) is 0 Å². The third-order valence-corrected chi connectivity index (χ3v) is 2.86. The van der Waals surface area contributed by atoms with Crippen molar-refractivity contribution in [2.45, 2.75) is 13.0 Å². The van der Waals surface area contributed by atoms with Crippen LogP contribution in [0.2, 0.25) is 0 Å². The van der Waals surface area contributed by atoms with E-state index in [9.17, 15) is 0 Å². The first-order valence-corrected chi connectivity index (χ1v) is 5.76. The van der Waals surface area contributed by atoms with E-state index in [1.807, 2.05) is 0 Å². The number of hydrogen-bond donors (Lipinski definition) is 1. The fraction of sp³-hybridized carbons (Fsp3) is 0.500. The number of nitrogens with two attached hydrogens (primary N) is 1. The Bertz CT molecular complexity index is 388. The SMILES string of the molecule is COCC1=CCN(c2cnc(CN)cn2)CC1. The first-order chi connectivity index (χ1) is 8.33. The van der Waals surface area contributed by atoms with Crippen LogP contribution in [0.3, 0.4) is 0 Å². The van der Waals surface area contributed by atoms with E-state index in [1.54, 1.807) is 19.5 Å². The highest BCUT2D eigenvalue weighted by molar-refractivity contribution is 5.39. The molecule has 0 saturated carbocycles. The van der Waals surface area contributed by atoms with E-state index >= 15 is 0 Å². The van der Waals surface area contributed by atoms with Crippen LogP contribution in [0.15, 0.2) is 24.0 Å². The molecule has 1 aromatic rings. The molecule has 0 fully saturated rings. The summed E-state index contributed by atoms with van der Waals surface area (Å²) in [5.41, 5.74) is 7.67. The minimum Gasteiger partial charge on any atom is -0.380 e. The Morgan fingerprint density at radius 1 is 1.41 bits per heavy atom. The highest BCUT2D eigenvalue weighted by Gasteiger charge is 2.13. The van der Waals surface area contributed by atoms with Gasteiger partial charge in [-0.3, -0.25) is 4.98 Å². The lowest BCUT2D eigenvalue weighted by molar-refractivity contribution is 0.222. The average Bonchev–Trinajstić information content (AvgIpc) is 2.40. The summed E-state index contributed by atoms with van der Waals surface area (Å²) in [4.78, 5) is 10.8. The van der Waals surface area contributed by atoms with Crippen molar-refractivity contribution in [1.82, 2.24) is 9.97 Å². The van der Waals surface area contributed by atoms with Gasteiger partial charge in [0, 0.05) is 26.7 Å². The Balaban J connectivity index is 2.00. The van der Waals surface area contributed by atoms with Gasteiger partial charge in [0.15, 0.2) is 0 Å². The summed E-state index contributed by atoms with van der Waals surface area (Å²) in [6, 6.07) is 0. The molecule has 0 bridgehead atoms. The molecule has 1 aliphatic heterocycles. The molecule has 2 heterocycles. The van der Waals surface area contributed by atoms with Gasteiger partial charge in [-0.05, 0) is 12.0 Å². The molecule has 92 valence electrons. The molecule has 2 rings (SSSR count). The molecule has 0 aliphatic carbocycles. The molecule has 17 heavy (non-hydrogen) atoms. The Morgan fingerprint density at radius 2 is 2.29 bits per heavy atom. The smallest absolute Gasteiger partial charge is 0.147 e. The van der Waals surface area contributed by atoms with Gasteiger partial charge in [-0.25, -0.2) is 4.98 Å². The van der Waals surface area contributed by atoms with Crippen LogP contribution < -0.4 is 10.6 Å². The summed E-state index contributed by atoms with van der Waals surface area (Å²) >= 11 is 0. The lowest BCUT2D eigenvalue weighted by Crippen LogP contribution is -2.30. The van der Waals surface area contributed by atoms with Crippen LogP contribution in [0.1, 0.15) is 12.1 Å². The van der Waals surface area contributed by atoms with Crippen molar-refractivity contribution in [2.75, 3.05) is 31.7 Å². The van der Waals surface area contributed by atoms with Gasteiger partial charge >= 0.3 is 0 Å². The van der Waals surface area contributed by atoms with Gasteiger partial charge in [0.1, 0.15) is 5.82 Å². The zero-order chi connectivity index (χ0) is 12.1. The molecule has 1 aliphatic rings. The molecule has 0 unspecified atom stereocenters. The van der Waals surface area contributed by atoms with Crippen LogP contribution in [0.5, 0.6) is 0 Å². The molecule has 0 saturated heterocycles. The quantitative estimate of drug-likeness (QED) is 0.778. The molecular weight excluding hydrogens is 216 g/mol. The molecule has 5 nitrogen and oxygen atoms in total. The Hall–Kier alpha value is -1.46. The van der Waals surface area contributed by atoms with Crippen LogP contribution in [0, 0.1) is 0 Å². The highest BCUT2D eigenvalue weighted by atomic mass is 16.5. The summed E-state index contributed by atoms with van der Waals surface area (Å²) in [6.45, 7) is 3.00. The van der Waals surface area contributed by atoms with E-state index in [4.69, 9.17) is 10.5 Å². The van der Waals surface area contributed by atoms with E-state index < -0.39 is 0 Å². The summed E-state index contributed by atoms with van der Waals surface area (Å²) < 4.78 is 5.12. The number of ether oxygens (including phenoxy) is 1. The molecule has 0 atom stereocenters. The van der Waals surface area contributed by atoms with Crippen LogP contribution in [-0.2, 0) is 11.3 Å². The Morgan fingerprint density at radius 3 is 2.82 bits per heavy atom. The minimum atomic E-state index is 0.436. The number of hydrogen-bond acceptors (Lipinski definition) is 5. The van der Waals surface area contributed by atoms with Gasteiger partial charge in [0.25, 0.3) is 0 Å². The zero-order valence-electron chi connectivity index (χ0n) is 10.1. The average molecular weight is 234 g/mol. The second-order valence-electron chi connectivity index (χ2n) is 4.06. The molecular formula is C12H18N4O. The Labute approximate surface area is 101 Å². The number of rotatable bonds is 4. The van der Waals surface area contributed by atoms with Gasteiger partial charge in [-0.2, -0.15) is 0 Å². The molecule has 1 aromatic heterocycles. The fourth-order valence-electron chi connectivity index (χ4n) is 1.85. The summed E-state index contributed by atoms with van der Waals surface area (Å²) in [7, 11) is 1.73. The number of methoxy groups -OCH3 is 1. The second-order valence-corrected chi connectivity index (χ2v) is 4.06. The molecule has 0 amide bonds. The van der Waals surface area contributed by atoms with E-state index in [-0.39, 0.29) is 0 Å². The van der Waals surface area contributed by atoms with Crippen LogP contribution >= 0.6 is 0 Å². The third kappa shape index (κ3) is 3.01. The monoisotopic (exact) mass is 234 g/mol. The number of anilines is 1. The molecule has 0 radical (unpaired) electrons. The number of aromatic nitrogens is 2. The predicted molar refractivity (Wildman–Crippen MR) is 66.7 cm³/mol. The van der Waals surface area contributed by atoms with Gasteiger partial charge in [-0.1, -0.05) is 6.08 Å². The van der Waals surface area contributed by atoms with Crippen molar-refractivity contribution in [1.29, 1.82) is 0 Å². The molecule has 5 heteroatoms. The highest BCUT2D eigenvalue weighted by Crippen LogP contribution is 2.16. The number of nitrogens with zero attached hydrogens (tertiary/aromatic N) is 3.